The van der Waals surface area contributed by atoms with Crippen LogP contribution in [0.4, 0.5) is 18.9 Å². The van der Waals surface area contributed by atoms with Crippen molar-refractivity contribution in [3.63, 3.8) is 0 Å². The van der Waals surface area contributed by atoms with Crippen LogP contribution in [0.3, 0.4) is 0 Å². The van der Waals surface area contributed by atoms with Crippen LogP contribution in [0.2, 0.25) is 0 Å². The fourth-order valence-corrected chi connectivity index (χ4v) is 4.02. The number of nitrogens with zero attached hydrogens (tertiary/aromatic N) is 1. The first-order valence-electron chi connectivity index (χ1n) is 9.14. The van der Waals surface area contributed by atoms with Gasteiger partial charge in [-0.15, -0.1) is 0 Å². The molecule has 0 bridgehead atoms. The maximum Gasteiger partial charge on any atom is 0.416 e. The van der Waals surface area contributed by atoms with E-state index >= 15 is 0 Å². The predicted molar refractivity (Wildman–Crippen MR) is 97.8 cm³/mol. The van der Waals surface area contributed by atoms with Gasteiger partial charge in [0.1, 0.15) is 0 Å². The number of hydrogen-bond donors (Lipinski definition) is 1. The second kappa shape index (κ2) is 6.65. The first-order chi connectivity index (χ1) is 13.3. The number of hydrogen-bond acceptors (Lipinski definition) is 2. The Bertz CT molecular complexity index is 914. The monoisotopic (exact) mass is 388 g/mol. The molecule has 2 amide bonds. The largest absolute Gasteiger partial charge is 0.416 e. The zero-order valence-corrected chi connectivity index (χ0v) is 15.1. The maximum atomic E-state index is 12.7. The van der Waals surface area contributed by atoms with Crippen molar-refractivity contribution in [2.45, 2.75) is 25.4 Å². The highest BCUT2D eigenvalue weighted by molar-refractivity contribution is 5.99. The van der Waals surface area contributed by atoms with E-state index in [1.54, 1.807) is 4.90 Å². The average Bonchev–Trinajstić information content (AvgIpc) is 2.68. The first kappa shape index (κ1) is 18.5. The summed E-state index contributed by atoms with van der Waals surface area (Å²) in [7, 11) is 0. The highest BCUT2D eigenvalue weighted by Gasteiger charge is 2.45. The molecule has 2 heterocycles. The van der Waals surface area contributed by atoms with Crippen molar-refractivity contribution in [3.8, 4) is 0 Å². The van der Waals surface area contributed by atoms with Crippen molar-refractivity contribution in [3.05, 3.63) is 65.2 Å². The molecule has 2 aromatic rings. The Labute approximate surface area is 160 Å². The van der Waals surface area contributed by atoms with Gasteiger partial charge in [-0.3, -0.25) is 9.59 Å². The number of amides is 2. The Hall–Kier alpha value is -2.83. The number of alkyl halides is 3. The fourth-order valence-electron chi connectivity index (χ4n) is 4.02. The second-order valence-electron chi connectivity index (χ2n) is 7.44. The van der Waals surface area contributed by atoms with Gasteiger partial charge in [0.2, 0.25) is 5.91 Å². The van der Waals surface area contributed by atoms with E-state index in [0.29, 0.717) is 32.4 Å². The number of likely N-dealkylation sites (tertiary alicyclic amines) is 1. The summed E-state index contributed by atoms with van der Waals surface area (Å²) in [5, 5.41) is 2.97. The number of para-hydroxylation sites is 1. The van der Waals surface area contributed by atoms with E-state index in [-0.39, 0.29) is 17.4 Å². The van der Waals surface area contributed by atoms with Gasteiger partial charge in [0.05, 0.1) is 11.0 Å². The average molecular weight is 388 g/mol. The van der Waals surface area contributed by atoms with E-state index in [4.69, 9.17) is 0 Å². The van der Waals surface area contributed by atoms with Crippen LogP contribution in [0.5, 0.6) is 0 Å². The number of anilines is 1. The smallest absolute Gasteiger partial charge is 0.339 e. The van der Waals surface area contributed by atoms with Crippen LogP contribution in [0.25, 0.3) is 0 Å². The molecule has 2 aromatic carbocycles. The van der Waals surface area contributed by atoms with Crippen molar-refractivity contribution < 1.29 is 22.8 Å². The molecule has 0 atom stereocenters. The van der Waals surface area contributed by atoms with Crippen molar-refractivity contribution in [2.24, 2.45) is 5.41 Å². The van der Waals surface area contributed by atoms with E-state index in [0.717, 1.165) is 23.4 Å². The third kappa shape index (κ3) is 3.25. The van der Waals surface area contributed by atoms with Crippen LogP contribution < -0.4 is 5.32 Å². The van der Waals surface area contributed by atoms with E-state index in [1.807, 2.05) is 24.3 Å². The normalized spacial score (nSPS) is 18.5. The van der Waals surface area contributed by atoms with Gasteiger partial charge in [-0.2, -0.15) is 13.2 Å². The lowest BCUT2D eigenvalue weighted by molar-refractivity contribution is -0.137. The summed E-state index contributed by atoms with van der Waals surface area (Å²) in [6.07, 6.45) is -2.74. The van der Waals surface area contributed by atoms with Gasteiger partial charge < -0.3 is 10.2 Å². The Morgan fingerprint density at radius 2 is 1.64 bits per heavy atom. The van der Waals surface area contributed by atoms with Crippen LogP contribution in [-0.4, -0.2) is 29.8 Å². The Morgan fingerprint density at radius 1 is 1.00 bits per heavy atom. The van der Waals surface area contributed by atoms with Crippen LogP contribution in [-0.2, 0) is 17.4 Å². The number of piperidine rings is 1. The molecule has 2 aliphatic heterocycles. The third-order valence-corrected chi connectivity index (χ3v) is 5.74. The zero-order valence-electron chi connectivity index (χ0n) is 15.1. The molecular weight excluding hydrogens is 369 g/mol. The minimum Gasteiger partial charge on any atom is -0.339 e. The molecule has 7 heteroatoms. The molecule has 1 saturated heterocycles. The lowest BCUT2D eigenvalue weighted by atomic mass is 9.71. The minimum atomic E-state index is -4.43. The molecule has 146 valence electrons. The van der Waals surface area contributed by atoms with Crippen LogP contribution in [0.15, 0.2) is 48.5 Å². The summed E-state index contributed by atoms with van der Waals surface area (Å²) in [4.78, 5) is 27.0. The Kier molecular flexibility index (Phi) is 4.40. The summed E-state index contributed by atoms with van der Waals surface area (Å²) in [6.45, 7) is 0.797. The molecule has 0 aliphatic carbocycles. The highest BCUT2D eigenvalue weighted by Crippen LogP contribution is 2.41. The number of nitrogens with one attached hydrogen (secondary N) is 1. The minimum absolute atomic E-state index is 0.0205. The molecule has 0 saturated carbocycles. The quantitative estimate of drug-likeness (QED) is 0.799. The van der Waals surface area contributed by atoms with Crippen LogP contribution in [0.1, 0.15) is 34.3 Å². The van der Waals surface area contributed by atoms with E-state index in [9.17, 15) is 22.8 Å². The Morgan fingerprint density at radius 3 is 2.29 bits per heavy atom. The van der Waals surface area contributed by atoms with Crippen LogP contribution >= 0.6 is 0 Å². The standard InChI is InChI=1S/C21H19F3N2O2/c22-21(23,24)16-7-5-14(6-8-16)18(27)26-11-9-20(10-12-26)13-15-3-1-2-4-17(15)25-19(20)28/h1-8H,9-13H2,(H,25,28). The van der Waals surface area contributed by atoms with E-state index < -0.39 is 17.2 Å². The zero-order chi connectivity index (χ0) is 19.9. The summed E-state index contributed by atoms with van der Waals surface area (Å²) in [5.41, 5.74) is 0.832. The van der Waals surface area contributed by atoms with Crippen LogP contribution in [0, 0.1) is 5.41 Å². The lowest BCUT2D eigenvalue weighted by Gasteiger charge is -2.43. The molecule has 1 spiro atoms. The van der Waals surface area contributed by atoms with Gasteiger partial charge in [0.15, 0.2) is 0 Å². The molecule has 1 N–H and O–H groups in total. The summed E-state index contributed by atoms with van der Waals surface area (Å²) in [5.74, 6) is -0.326. The molecule has 2 aliphatic rings. The molecular formula is C21H19F3N2O2. The van der Waals surface area contributed by atoms with Crippen molar-refractivity contribution in [1.82, 2.24) is 4.90 Å². The second-order valence-corrected chi connectivity index (χ2v) is 7.44. The summed E-state index contributed by atoms with van der Waals surface area (Å²) >= 11 is 0. The van der Waals surface area contributed by atoms with Gasteiger partial charge in [0.25, 0.3) is 5.91 Å². The van der Waals surface area contributed by atoms with Crippen molar-refractivity contribution in [2.75, 3.05) is 18.4 Å². The van der Waals surface area contributed by atoms with Gasteiger partial charge in [-0.05, 0) is 55.2 Å². The van der Waals surface area contributed by atoms with E-state index in [1.165, 1.54) is 12.1 Å². The number of rotatable bonds is 1. The molecule has 4 nitrogen and oxygen atoms in total. The van der Waals surface area contributed by atoms with Gasteiger partial charge in [-0.1, -0.05) is 18.2 Å². The molecule has 0 radical (unpaired) electrons. The molecule has 28 heavy (non-hydrogen) atoms. The van der Waals surface area contributed by atoms with Crippen molar-refractivity contribution in [1.29, 1.82) is 0 Å². The van der Waals surface area contributed by atoms with Gasteiger partial charge in [0, 0.05) is 24.3 Å². The first-order valence-corrected chi connectivity index (χ1v) is 9.14. The van der Waals surface area contributed by atoms with E-state index in [2.05, 4.69) is 5.32 Å². The third-order valence-electron chi connectivity index (χ3n) is 5.74. The van der Waals surface area contributed by atoms with Crippen molar-refractivity contribution >= 4 is 17.5 Å². The number of carbonyl (C=O) groups is 2. The lowest BCUT2D eigenvalue weighted by Crippen LogP contribution is -2.51. The number of carbonyl (C=O) groups excluding carboxylic acids is 2. The maximum absolute atomic E-state index is 12.7. The predicted octanol–water partition coefficient (Wildman–Crippen LogP) is 4.12. The summed E-state index contributed by atoms with van der Waals surface area (Å²) in [6, 6.07) is 11.9. The molecule has 4 rings (SSSR count). The summed E-state index contributed by atoms with van der Waals surface area (Å²) < 4.78 is 38.1. The number of benzene rings is 2. The molecule has 0 aromatic heterocycles. The molecule has 1 fully saturated rings. The fraction of sp³-hybridized carbons (Fsp3) is 0.333. The SMILES string of the molecule is O=C(c1ccc(C(F)(F)F)cc1)N1CCC2(CC1)Cc1ccccc1NC2=O. The van der Waals surface area contributed by atoms with Gasteiger partial charge in [-0.25, -0.2) is 0 Å². The number of fused-ring (bicyclic) bond motifs is 1. The number of halogens is 3. The highest BCUT2D eigenvalue weighted by atomic mass is 19.4. The Balaban J connectivity index is 1.45. The molecule has 0 unspecified atom stereocenters. The van der Waals surface area contributed by atoms with Gasteiger partial charge >= 0.3 is 6.18 Å². The topological polar surface area (TPSA) is 49.4 Å².